The summed E-state index contributed by atoms with van der Waals surface area (Å²) >= 11 is 1.61. The number of amides is 1. The van der Waals surface area contributed by atoms with E-state index in [9.17, 15) is 4.79 Å². The molecule has 0 atom stereocenters. The van der Waals surface area contributed by atoms with Crippen LogP contribution in [0, 0.1) is 6.92 Å². The van der Waals surface area contributed by atoms with E-state index >= 15 is 0 Å². The summed E-state index contributed by atoms with van der Waals surface area (Å²) in [5.41, 5.74) is 2.66. The minimum Gasteiger partial charge on any atom is -0.445 e. The third kappa shape index (κ3) is 3.66. The molecule has 0 spiro atoms. The largest absolute Gasteiger partial charge is 0.445 e. The zero-order chi connectivity index (χ0) is 13.7. The van der Waals surface area contributed by atoms with Gasteiger partial charge in [0.15, 0.2) is 0 Å². The van der Waals surface area contributed by atoms with E-state index in [1.807, 2.05) is 36.6 Å². The number of anilines is 1. The number of aromatic nitrogens is 1. The maximum Gasteiger partial charge on any atom is 0.411 e. The first kappa shape index (κ1) is 13.3. The summed E-state index contributed by atoms with van der Waals surface area (Å²) in [5.74, 6) is 0. The van der Waals surface area contributed by atoms with Crippen LogP contribution in [0.15, 0.2) is 42.3 Å². The molecule has 1 heterocycles. The third-order valence-electron chi connectivity index (χ3n) is 2.38. The van der Waals surface area contributed by atoms with Crippen LogP contribution in [0.3, 0.4) is 0 Å². The lowest BCUT2D eigenvalue weighted by Crippen LogP contribution is -2.13. The average Bonchev–Trinajstić information content (AvgIpc) is 2.84. The summed E-state index contributed by atoms with van der Waals surface area (Å²) < 4.78 is 4.83. The second-order valence-corrected chi connectivity index (χ2v) is 4.90. The van der Waals surface area contributed by atoms with Crippen molar-refractivity contribution >= 4 is 23.1 Å². The average molecular weight is 274 g/mol. The Bertz CT molecular complexity index is 575. The molecule has 0 saturated carbocycles. The van der Waals surface area contributed by atoms with Crippen LogP contribution < -0.4 is 5.32 Å². The lowest BCUT2D eigenvalue weighted by atomic mass is 10.1. The summed E-state index contributed by atoms with van der Waals surface area (Å²) in [6.45, 7) is 5.64. The van der Waals surface area contributed by atoms with Crippen LogP contribution in [0.2, 0.25) is 0 Å². The molecule has 1 amide bonds. The first-order chi connectivity index (χ1) is 9.19. The third-order valence-corrected chi connectivity index (χ3v) is 3.15. The molecule has 19 heavy (non-hydrogen) atoms. The number of hydrogen-bond donors (Lipinski definition) is 1. The fraction of sp³-hybridized carbons (Fsp3) is 0.143. The number of aryl methyl sites for hydroxylation is 1. The second kappa shape index (κ2) is 6.15. The van der Waals surface area contributed by atoms with E-state index in [1.165, 1.54) is 6.08 Å². The van der Waals surface area contributed by atoms with Gasteiger partial charge >= 0.3 is 6.09 Å². The quantitative estimate of drug-likeness (QED) is 0.861. The fourth-order valence-electron chi connectivity index (χ4n) is 1.51. The van der Waals surface area contributed by atoms with Crippen LogP contribution in [-0.2, 0) is 4.74 Å². The second-order valence-electron chi connectivity index (χ2n) is 3.84. The van der Waals surface area contributed by atoms with Crippen molar-refractivity contribution in [2.75, 3.05) is 11.9 Å². The molecule has 0 aliphatic rings. The van der Waals surface area contributed by atoms with E-state index in [-0.39, 0.29) is 6.61 Å². The van der Waals surface area contributed by atoms with Crippen LogP contribution in [-0.4, -0.2) is 17.7 Å². The van der Waals surface area contributed by atoms with Gasteiger partial charge in [-0.15, -0.1) is 11.3 Å². The molecule has 0 aliphatic heterocycles. The Morgan fingerprint density at radius 2 is 2.21 bits per heavy atom. The molecular weight excluding hydrogens is 260 g/mol. The number of ether oxygens (including phenoxy) is 1. The monoisotopic (exact) mass is 274 g/mol. The van der Waals surface area contributed by atoms with Crippen molar-refractivity contribution < 1.29 is 9.53 Å². The number of nitrogens with one attached hydrogen (secondary N) is 1. The molecule has 0 saturated heterocycles. The van der Waals surface area contributed by atoms with Crippen molar-refractivity contribution in [3.05, 3.63) is 47.3 Å². The molecule has 0 aliphatic carbocycles. The normalized spacial score (nSPS) is 9.95. The highest BCUT2D eigenvalue weighted by atomic mass is 32.1. The van der Waals surface area contributed by atoms with Gasteiger partial charge in [-0.1, -0.05) is 24.8 Å². The smallest absolute Gasteiger partial charge is 0.411 e. The Labute approximate surface area is 115 Å². The van der Waals surface area contributed by atoms with E-state index in [0.29, 0.717) is 5.69 Å². The maximum atomic E-state index is 11.3. The van der Waals surface area contributed by atoms with E-state index in [2.05, 4.69) is 16.9 Å². The number of thiazole rings is 1. The predicted octanol–water partition coefficient (Wildman–Crippen LogP) is 3.85. The summed E-state index contributed by atoms with van der Waals surface area (Å²) in [6.07, 6.45) is 1.03. The van der Waals surface area contributed by atoms with Crippen molar-refractivity contribution in [3.63, 3.8) is 0 Å². The van der Waals surface area contributed by atoms with Crippen molar-refractivity contribution in [2.45, 2.75) is 6.92 Å². The van der Waals surface area contributed by atoms with E-state index in [1.54, 1.807) is 11.3 Å². The first-order valence-corrected chi connectivity index (χ1v) is 6.64. The molecular formula is C14H14N2O2S. The van der Waals surface area contributed by atoms with Crippen LogP contribution in [0.1, 0.15) is 5.01 Å². The van der Waals surface area contributed by atoms with Gasteiger partial charge < -0.3 is 4.74 Å². The van der Waals surface area contributed by atoms with Gasteiger partial charge in [-0.2, -0.15) is 0 Å². The SMILES string of the molecule is C=CCOC(=O)Nc1ccc(-c2csc(C)n2)cc1. The van der Waals surface area contributed by atoms with Gasteiger partial charge in [-0.25, -0.2) is 9.78 Å². The van der Waals surface area contributed by atoms with E-state index in [4.69, 9.17) is 4.74 Å². The van der Waals surface area contributed by atoms with Gasteiger partial charge in [0, 0.05) is 16.6 Å². The van der Waals surface area contributed by atoms with Crippen molar-refractivity contribution in [1.29, 1.82) is 0 Å². The Balaban J connectivity index is 2.02. The topological polar surface area (TPSA) is 51.2 Å². The zero-order valence-electron chi connectivity index (χ0n) is 10.6. The highest BCUT2D eigenvalue weighted by Gasteiger charge is 2.04. The lowest BCUT2D eigenvalue weighted by Gasteiger charge is -2.05. The maximum absolute atomic E-state index is 11.3. The summed E-state index contributed by atoms with van der Waals surface area (Å²) in [7, 11) is 0. The number of rotatable bonds is 4. The van der Waals surface area contributed by atoms with E-state index < -0.39 is 6.09 Å². The number of hydrogen-bond acceptors (Lipinski definition) is 4. The summed E-state index contributed by atoms with van der Waals surface area (Å²) in [6, 6.07) is 7.47. The number of benzene rings is 1. The molecule has 1 aromatic heterocycles. The van der Waals surface area contributed by atoms with Crippen LogP contribution in [0.5, 0.6) is 0 Å². The molecule has 0 fully saturated rings. The predicted molar refractivity (Wildman–Crippen MR) is 77.5 cm³/mol. The lowest BCUT2D eigenvalue weighted by molar-refractivity contribution is 0.174. The van der Waals surface area contributed by atoms with Gasteiger partial charge in [-0.3, -0.25) is 5.32 Å². The number of carbonyl (C=O) groups is 1. The van der Waals surface area contributed by atoms with Crippen LogP contribution >= 0.6 is 11.3 Å². The highest BCUT2D eigenvalue weighted by Crippen LogP contribution is 2.23. The highest BCUT2D eigenvalue weighted by molar-refractivity contribution is 7.09. The standard InChI is InChI=1S/C14H14N2O2S/c1-3-8-18-14(17)16-12-6-4-11(5-7-12)13-9-19-10(2)15-13/h3-7,9H,1,8H2,2H3,(H,16,17). The molecule has 2 rings (SSSR count). The van der Waals surface area contributed by atoms with E-state index in [0.717, 1.165) is 16.3 Å². The van der Waals surface area contributed by atoms with Crippen molar-refractivity contribution in [2.24, 2.45) is 0 Å². The molecule has 4 nitrogen and oxygen atoms in total. The minimum absolute atomic E-state index is 0.196. The Kier molecular flexibility index (Phi) is 4.30. The summed E-state index contributed by atoms with van der Waals surface area (Å²) in [5, 5.41) is 5.68. The van der Waals surface area contributed by atoms with Gasteiger partial charge in [0.05, 0.1) is 10.7 Å². The van der Waals surface area contributed by atoms with Crippen LogP contribution in [0.4, 0.5) is 10.5 Å². The zero-order valence-corrected chi connectivity index (χ0v) is 11.4. The minimum atomic E-state index is -0.489. The molecule has 98 valence electrons. The number of carbonyl (C=O) groups excluding carboxylic acids is 1. The number of nitrogens with zero attached hydrogens (tertiary/aromatic N) is 1. The van der Waals surface area contributed by atoms with Gasteiger partial charge in [-0.05, 0) is 19.1 Å². The Morgan fingerprint density at radius 1 is 1.47 bits per heavy atom. The fourth-order valence-corrected chi connectivity index (χ4v) is 2.13. The van der Waals surface area contributed by atoms with Crippen molar-refractivity contribution in [3.8, 4) is 11.3 Å². The van der Waals surface area contributed by atoms with Gasteiger partial charge in [0.2, 0.25) is 0 Å². The van der Waals surface area contributed by atoms with Gasteiger partial charge in [0.25, 0.3) is 0 Å². The molecule has 2 aromatic rings. The molecule has 0 bridgehead atoms. The van der Waals surface area contributed by atoms with Gasteiger partial charge in [0.1, 0.15) is 6.61 Å². The summed E-state index contributed by atoms with van der Waals surface area (Å²) in [4.78, 5) is 15.7. The molecule has 1 N–H and O–H groups in total. The molecule has 5 heteroatoms. The first-order valence-electron chi connectivity index (χ1n) is 5.76. The molecule has 1 aromatic carbocycles. The molecule has 0 radical (unpaired) electrons. The van der Waals surface area contributed by atoms with Crippen LogP contribution in [0.25, 0.3) is 11.3 Å². The Morgan fingerprint density at radius 3 is 2.79 bits per heavy atom. The Hall–Kier alpha value is -2.14. The van der Waals surface area contributed by atoms with Crippen molar-refractivity contribution in [1.82, 2.24) is 4.98 Å². The molecule has 0 unspecified atom stereocenters.